The predicted octanol–water partition coefficient (Wildman–Crippen LogP) is 14.4. The van der Waals surface area contributed by atoms with Crippen LogP contribution in [0, 0.1) is 0 Å². The Balaban J connectivity index is -0.000000453. The van der Waals surface area contributed by atoms with Gasteiger partial charge in [-0.25, -0.2) is 0 Å². The molecule has 0 aliphatic rings. The largest absolute Gasteiger partial charge is 0.464 e. The summed E-state index contributed by atoms with van der Waals surface area (Å²) in [5, 5.41) is 10.6. The number of furan rings is 1. The van der Waals surface area contributed by atoms with Crippen LogP contribution in [0.15, 0.2) is 147 Å². The van der Waals surface area contributed by atoms with Gasteiger partial charge in [0.1, 0.15) is 5.58 Å². The zero-order valence-electron chi connectivity index (χ0n) is 28.4. The van der Waals surface area contributed by atoms with Crippen LogP contribution in [-0.2, 0) is 0 Å². The molecule has 0 bridgehead atoms. The highest BCUT2D eigenvalue weighted by Crippen LogP contribution is 2.18. The minimum absolute atomic E-state index is 0.956. The van der Waals surface area contributed by atoms with Gasteiger partial charge in [0, 0.05) is 34.1 Å². The summed E-state index contributed by atoms with van der Waals surface area (Å²) in [5.41, 5.74) is 2.75. The fourth-order valence-corrected chi connectivity index (χ4v) is 4.12. The number of nitrogens with zero attached hydrogens (tertiary/aromatic N) is 2. The molecule has 3 nitrogen and oxygen atoms in total. The molecule has 0 aliphatic carbocycles. The molecule has 0 N–H and O–H groups in total. The van der Waals surface area contributed by atoms with Gasteiger partial charge in [-0.05, 0) is 57.9 Å². The van der Waals surface area contributed by atoms with Gasteiger partial charge in [-0.3, -0.25) is 9.97 Å². The maximum atomic E-state index is 5.12. The lowest BCUT2D eigenvalue weighted by Gasteiger charge is -1.82. The molecular weight excluding hydrogens is 597 g/mol. The Hall–Kier alpha value is -3.58. The summed E-state index contributed by atoms with van der Waals surface area (Å²) in [7, 11) is 0. The lowest BCUT2D eigenvalue weighted by atomic mass is 10.3. The van der Waals surface area contributed by atoms with Gasteiger partial charge in [0.2, 0.25) is 0 Å². The second kappa shape index (κ2) is 39.4. The topological polar surface area (TPSA) is 38.9 Å². The normalized spacial score (nSPS) is 7.77. The van der Waals surface area contributed by atoms with E-state index in [0.29, 0.717) is 0 Å². The van der Waals surface area contributed by atoms with Crippen molar-refractivity contribution in [3.8, 4) is 0 Å². The first-order chi connectivity index (χ1) is 21.9. The Morgan fingerprint density at radius 1 is 0.455 bits per heavy atom. The average Bonchev–Trinajstić information content (AvgIpc) is 3.99. The molecule has 0 fully saturated rings. The van der Waals surface area contributed by atoms with Crippen molar-refractivity contribution in [2.75, 3.05) is 0 Å². The van der Waals surface area contributed by atoms with Gasteiger partial charge in [-0.2, -0.15) is 11.3 Å². The van der Waals surface area contributed by atoms with Gasteiger partial charge in [0.05, 0.1) is 11.8 Å². The number of benzene rings is 2. The number of thiophene rings is 2. The highest BCUT2D eigenvalue weighted by Gasteiger charge is 1.89. The van der Waals surface area contributed by atoms with E-state index < -0.39 is 0 Å². The van der Waals surface area contributed by atoms with Crippen LogP contribution in [0.1, 0.15) is 69.2 Å². The van der Waals surface area contributed by atoms with Crippen molar-refractivity contribution in [2.45, 2.75) is 69.2 Å². The quantitative estimate of drug-likeness (QED) is 0.164. The maximum Gasteiger partial charge on any atom is 0.133 e. The molecule has 0 spiro atoms. The Morgan fingerprint density at radius 2 is 1.05 bits per heavy atom. The van der Waals surface area contributed by atoms with Crippen molar-refractivity contribution in [2.24, 2.45) is 0 Å². The maximum absolute atomic E-state index is 5.12. The molecule has 0 saturated heterocycles. The van der Waals surface area contributed by atoms with Crippen molar-refractivity contribution in [1.29, 1.82) is 0 Å². The second-order valence-corrected chi connectivity index (χ2v) is 8.93. The lowest BCUT2D eigenvalue weighted by molar-refractivity contribution is 0.616. The van der Waals surface area contributed by atoms with E-state index in [0.717, 1.165) is 11.0 Å². The Morgan fingerprint density at radius 3 is 1.45 bits per heavy atom. The number of para-hydroxylation sites is 1. The first-order valence-electron chi connectivity index (χ1n) is 15.4. The van der Waals surface area contributed by atoms with Crippen LogP contribution in [0.4, 0.5) is 0 Å². The van der Waals surface area contributed by atoms with Crippen molar-refractivity contribution >= 4 is 55.1 Å². The first kappa shape index (κ1) is 44.9. The van der Waals surface area contributed by atoms with E-state index in [1.165, 1.54) is 10.1 Å². The molecule has 0 amide bonds. The van der Waals surface area contributed by atoms with Crippen LogP contribution >= 0.6 is 34.0 Å². The van der Waals surface area contributed by atoms with Crippen LogP contribution < -0.4 is 0 Å². The van der Waals surface area contributed by atoms with E-state index in [1.807, 2.05) is 146 Å². The zero-order valence-corrected chi connectivity index (χ0v) is 30.8. The Bertz CT molecular complexity index is 1150. The van der Waals surface area contributed by atoms with Gasteiger partial charge in [-0.1, -0.05) is 124 Å². The molecule has 6 heteroatoms. The summed E-state index contributed by atoms with van der Waals surface area (Å²) in [6, 6.07) is 30.2. The molecule has 0 aliphatic heterocycles. The van der Waals surface area contributed by atoms with Crippen molar-refractivity contribution in [3.63, 3.8) is 0 Å². The van der Waals surface area contributed by atoms with Gasteiger partial charge >= 0.3 is 0 Å². The summed E-state index contributed by atoms with van der Waals surface area (Å²) in [6.07, 6.45) is 6.97. The minimum Gasteiger partial charge on any atom is -0.464 e. The highest BCUT2D eigenvalue weighted by molar-refractivity contribution is 7.17. The van der Waals surface area contributed by atoms with Crippen LogP contribution in [0.3, 0.4) is 0 Å². The molecule has 5 aromatic heterocycles. The lowest BCUT2D eigenvalue weighted by Crippen LogP contribution is -1.58. The average molecular weight is 651 g/mol. The van der Waals surface area contributed by atoms with E-state index in [-0.39, 0.29) is 0 Å². The van der Waals surface area contributed by atoms with E-state index in [1.54, 1.807) is 64.4 Å². The number of aromatic nitrogens is 2. The van der Waals surface area contributed by atoms with Gasteiger partial charge in [0.15, 0.2) is 0 Å². The fourth-order valence-electron chi connectivity index (χ4n) is 2.53. The summed E-state index contributed by atoms with van der Waals surface area (Å²) < 4.78 is 6.49. The molecule has 2 aromatic carbocycles. The Labute approximate surface area is 280 Å². The van der Waals surface area contributed by atoms with Gasteiger partial charge in [0.25, 0.3) is 0 Å². The number of fused-ring (bicyclic) bond motifs is 2. The second-order valence-electron chi connectivity index (χ2n) is 6.41. The molecule has 240 valence electrons. The van der Waals surface area contributed by atoms with E-state index in [2.05, 4.69) is 45.7 Å². The first-order valence-corrected chi connectivity index (χ1v) is 18.2. The van der Waals surface area contributed by atoms with E-state index >= 15 is 0 Å². The molecule has 44 heavy (non-hydrogen) atoms. The fraction of sp³-hybridized carbons (Fsp3) is 0.263. The smallest absolute Gasteiger partial charge is 0.133 e. The summed E-state index contributed by atoms with van der Waals surface area (Å²) >= 11 is 5.10. The predicted molar refractivity (Wildman–Crippen MR) is 205 cm³/mol. The molecule has 0 atom stereocenters. The third kappa shape index (κ3) is 25.0. The van der Waals surface area contributed by atoms with Crippen LogP contribution in [0.5, 0.6) is 0 Å². The van der Waals surface area contributed by atoms with Gasteiger partial charge < -0.3 is 4.42 Å². The number of pyridine rings is 1. The van der Waals surface area contributed by atoms with E-state index in [9.17, 15) is 0 Å². The van der Waals surface area contributed by atoms with Crippen molar-refractivity contribution < 1.29 is 4.42 Å². The third-order valence-electron chi connectivity index (χ3n) is 4.06. The summed E-state index contributed by atoms with van der Waals surface area (Å²) in [4.78, 5) is 7.53. The van der Waals surface area contributed by atoms with Crippen molar-refractivity contribution in [3.05, 3.63) is 143 Å². The summed E-state index contributed by atoms with van der Waals surface area (Å²) in [6.45, 7) is 20.0. The molecular formula is C38H54N2OS3. The Kier molecular flexibility index (Phi) is 40.2. The number of rotatable bonds is 0. The molecule has 0 radical (unpaired) electrons. The van der Waals surface area contributed by atoms with E-state index in [4.69, 9.17) is 4.42 Å². The zero-order chi connectivity index (χ0) is 33.5. The number of hydrogen-bond acceptors (Lipinski definition) is 6. The molecule has 7 aromatic rings. The highest BCUT2D eigenvalue weighted by atomic mass is 32.1. The van der Waals surface area contributed by atoms with Crippen LogP contribution in [0.25, 0.3) is 21.1 Å². The molecule has 0 unspecified atom stereocenters. The van der Waals surface area contributed by atoms with Crippen LogP contribution in [0.2, 0.25) is 0 Å². The summed E-state index contributed by atoms with van der Waals surface area (Å²) in [5.74, 6) is 0. The molecule has 0 saturated carbocycles. The number of thiazole rings is 1. The SMILES string of the molecule is CC.CC.CC.CC.CC.c1ccc2occc2c1.c1ccc2sccc2c1.c1ccncc1.c1ccsc1.c1cscn1. The standard InChI is InChI=1S/C8H6O.C8H6S.C5H5N.C4H4S.C3H3NS.5C2H6/c2*1-2-4-8-7(3-1)5-6-9-8;1-2-4-6-5-3-1;1-2-4-5-3-1;1-2-5-3-4-1;5*1-2/h2*1-6H;1-5H;1-4H;1-3H;5*1-2H3. The molecule has 7 rings (SSSR count). The van der Waals surface area contributed by atoms with Crippen LogP contribution in [-0.4, -0.2) is 9.97 Å². The van der Waals surface area contributed by atoms with Gasteiger partial charge in [-0.15, -0.1) is 22.7 Å². The third-order valence-corrected chi connectivity index (χ3v) is 6.11. The number of hydrogen-bond donors (Lipinski definition) is 0. The monoisotopic (exact) mass is 650 g/mol. The molecule has 5 heterocycles. The van der Waals surface area contributed by atoms with Crippen molar-refractivity contribution in [1.82, 2.24) is 9.97 Å². The minimum atomic E-state index is 0.956.